The maximum atomic E-state index is 11.4. The van der Waals surface area contributed by atoms with Crippen LogP contribution in [0, 0.1) is 0 Å². The van der Waals surface area contributed by atoms with Gasteiger partial charge in [0.2, 0.25) is 5.91 Å². The summed E-state index contributed by atoms with van der Waals surface area (Å²) in [4.78, 5) is 11.4. The second-order valence-electron chi connectivity index (χ2n) is 3.90. The lowest BCUT2D eigenvalue weighted by Gasteiger charge is -2.06. The average Bonchev–Trinajstić information content (AvgIpc) is 2.35. The molecule has 0 radical (unpaired) electrons. The van der Waals surface area contributed by atoms with Crippen LogP contribution in [0.15, 0.2) is 28.7 Å². The van der Waals surface area contributed by atoms with Gasteiger partial charge in [-0.15, -0.1) is 0 Å². The van der Waals surface area contributed by atoms with Gasteiger partial charge in [-0.05, 0) is 17.7 Å². The smallest absolute Gasteiger partial charge is 0.221 e. The van der Waals surface area contributed by atoms with E-state index in [0.717, 1.165) is 11.0 Å². The number of carbonyl (C=O) groups is 1. The van der Waals surface area contributed by atoms with Gasteiger partial charge in [-0.1, -0.05) is 28.1 Å². The third-order valence-corrected chi connectivity index (χ3v) is 2.87. The number of hydrogen-bond donors (Lipinski definition) is 2. The SMILES string of the molecule is COCCNC(=O)CCNCc1cccc(Br)c1. The summed E-state index contributed by atoms with van der Waals surface area (Å²) >= 11 is 3.43. The third kappa shape index (κ3) is 6.74. The van der Waals surface area contributed by atoms with Gasteiger partial charge in [-0.2, -0.15) is 0 Å². The van der Waals surface area contributed by atoms with E-state index in [4.69, 9.17) is 4.74 Å². The van der Waals surface area contributed by atoms with Crippen molar-refractivity contribution in [1.82, 2.24) is 10.6 Å². The van der Waals surface area contributed by atoms with E-state index in [0.29, 0.717) is 26.1 Å². The van der Waals surface area contributed by atoms with Gasteiger partial charge in [0.05, 0.1) is 6.61 Å². The van der Waals surface area contributed by atoms with E-state index in [2.05, 4.69) is 38.7 Å². The molecule has 0 saturated heterocycles. The van der Waals surface area contributed by atoms with E-state index >= 15 is 0 Å². The van der Waals surface area contributed by atoms with Gasteiger partial charge in [0.25, 0.3) is 0 Å². The van der Waals surface area contributed by atoms with Crippen molar-refractivity contribution in [3.8, 4) is 0 Å². The highest BCUT2D eigenvalue weighted by atomic mass is 79.9. The van der Waals surface area contributed by atoms with Crippen molar-refractivity contribution in [3.63, 3.8) is 0 Å². The van der Waals surface area contributed by atoms with Gasteiger partial charge in [-0.25, -0.2) is 0 Å². The van der Waals surface area contributed by atoms with Crippen molar-refractivity contribution in [2.75, 3.05) is 26.8 Å². The molecule has 0 atom stereocenters. The third-order valence-electron chi connectivity index (χ3n) is 2.38. The second-order valence-corrected chi connectivity index (χ2v) is 4.82. The van der Waals surface area contributed by atoms with Crippen LogP contribution in [0.2, 0.25) is 0 Å². The van der Waals surface area contributed by atoms with Crippen molar-refractivity contribution < 1.29 is 9.53 Å². The summed E-state index contributed by atoms with van der Waals surface area (Å²) in [6.07, 6.45) is 0.484. The fourth-order valence-electron chi connectivity index (χ4n) is 1.46. The maximum absolute atomic E-state index is 11.4. The minimum atomic E-state index is 0.0498. The number of carbonyl (C=O) groups excluding carboxylic acids is 1. The Kier molecular flexibility index (Phi) is 7.64. The number of nitrogens with one attached hydrogen (secondary N) is 2. The van der Waals surface area contributed by atoms with Crippen LogP contribution in [0.4, 0.5) is 0 Å². The highest BCUT2D eigenvalue weighted by molar-refractivity contribution is 9.10. The normalized spacial score (nSPS) is 10.3. The topological polar surface area (TPSA) is 50.4 Å². The minimum absolute atomic E-state index is 0.0498. The Morgan fingerprint density at radius 1 is 1.39 bits per heavy atom. The molecule has 0 heterocycles. The first-order valence-electron chi connectivity index (χ1n) is 5.93. The zero-order valence-corrected chi connectivity index (χ0v) is 12.1. The molecule has 1 aromatic carbocycles. The number of benzene rings is 1. The molecule has 18 heavy (non-hydrogen) atoms. The number of halogens is 1. The van der Waals surface area contributed by atoms with Crippen LogP contribution < -0.4 is 10.6 Å². The van der Waals surface area contributed by atoms with Crippen LogP contribution in [-0.4, -0.2) is 32.7 Å². The number of rotatable bonds is 8. The number of hydrogen-bond acceptors (Lipinski definition) is 3. The lowest BCUT2D eigenvalue weighted by atomic mass is 10.2. The van der Waals surface area contributed by atoms with Crippen LogP contribution in [-0.2, 0) is 16.1 Å². The Labute approximate surface area is 116 Å². The summed E-state index contributed by atoms with van der Waals surface area (Å²) in [6, 6.07) is 8.10. The standard InChI is InChI=1S/C13H19BrN2O2/c1-18-8-7-16-13(17)5-6-15-10-11-3-2-4-12(14)9-11/h2-4,9,15H,5-8,10H2,1H3,(H,16,17). The van der Waals surface area contributed by atoms with Crippen molar-refractivity contribution >= 4 is 21.8 Å². The van der Waals surface area contributed by atoms with E-state index in [1.54, 1.807) is 7.11 Å². The van der Waals surface area contributed by atoms with Crippen LogP contribution in [0.3, 0.4) is 0 Å². The molecule has 0 spiro atoms. The highest BCUT2D eigenvalue weighted by Gasteiger charge is 2.00. The van der Waals surface area contributed by atoms with Gasteiger partial charge in [0, 0.05) is 37.6 Å². The van der Waals surface area contributed by atoms with Crippen molar-refractivity contribution in [3.05, 3.63) is 34.3 Å². The first-order chi connectivity index (χ1) is 8.72. The summed E-state index contributed by atoms with van der Waals surface area (Å²) in [5.74, 6) is 0.0498. The molecule has 0 aliphatic rings. The molecule has 0 saturated carbocycles. The zero-order chi connectivity index (χ0) is 13.2. The van der Waals surface area contributed by atoms with Crippen LogP contribution >= 0.6 is 15.9 Å². The minimum Gasteiger partial charge on any atom is -0.383 e. The predicted octanol–water partition coefficient (Wildman–Crippen LogP) is 1.69. The Morgan fingerprint density at radius 2 is 2.22 bits per heavy atom. The first kappa shape index (κ1) is 15.1. The lowest BCUT2D eigenvalue weighted by molar-refractivity contribution is -0.121. The summed E-state index contributed by atoms with van der Waals surface area (Å²) in [5.41, 5.74) is 1.20. The molecule has 0 fully saturated rings. The summed E-state index contributed by atoms with van der Waals surface area (Å²) in [6.45, 7) is 2.56. The molecule has 100 valence electrons. The van der Waals surface area contributed by atoms with Crippen molar-refractivity contribution in [1.29, 1.82) is 0 Å². The van der Waals surface area contributed by atoms with Gasteiger partial charge < -0.3 is 15.4 Å². The quantitative estimate of drug-likeness (QED) is 0.718. The molecule has 1 rings (SSSR count). The van der Waals surface area contributed by atoms with Crippen LogP contribution in [0.1, 0.15) is 12.0 Å². The van der Waals surface area contributed by atoms with Gasteiger partial charge >= 0.3 is 0 Å². The largest absolute Gasteiger partial charge is 0.383 e. The number of amides is 1. The molecule has 0 bridgehead atoms. The van der Waals surface area contributed by atoms with E-state index in [9.17, 15) is 4.79 Å². The molecule has 0 aliphatic carbocycles. The molecule has 5 heteroatoms. The zero-order valence-electron chi connectivity index (χ0n) is 10.5. The molecule has 2 N–H and O–H groups in total. The maximum Gasteiger partial charge on any atom is 0.221 e. The average molecular weight is 315 g/mol. The molecule has 0 aliphatic heterocycles. The summed E-state index contributed by atoms with van der Waals surface area (Å²) < 4.78 is 5.92. The highest BCUT2D eigenvalue weighted by Crippen LogP contribution is 2.11. The van der Waals surface area contributed by atoms with E-state index in [-0.39, 0.29) is 5.91 Å². The monoisotopic (exact) mass is 314 g/mol. The number of methoxy groups -OCH3 is 1. The molecular formula is C13H19BrN2O2. The molecule has 1 aromatic rings. The van der Waals surface area contributed by atoms with Gasteiger partial charge in [0.1, 0.15) is 0 Å². The first-order valence-corrected chi connectivity index (χ1v) is 6.72. The predicted molar refractivity (Wildman–Crippen MR) is 75.4 cm³/mol. The summed E-state index contributed by atoms with van der Waals surface area (Å²) in [7, 11) is 1.62. The van der Waals surface area contributed by atoms with Gasteiger partial charge in [-0.3, -0.25) is 4.79 Å². The van der Waals surface area contributed by atoms with E-state index < -0.39 is 0 Å². The molecule has 0 aromatic heterocycles. The second kappa shape index (κ2) is 9.08. The molecule has 4 nitrogen and oxygen atoms in total. The van der Waals surface area contributed by atoms with Gasteiger partial charge in [0.15, 0.2) is 0 Å². The van der Waals surface area contributed by atoms with Crippen LogP contribution in [0.25, 0.3) is 0 Å². The van der Waals surface area contributed by atoms with Crippen molar-refractivity contribution in [2.24, 2.45) is 0 Å². The Balaban J connectivity index is 2.09. The Bertz CT molecular complexity index is 372. The van der Waals surface area contributed by atoms with Crippen LogP contribution in [0.5, 0.6) is 0 Å². The van der Waals surface area contributed by atoms with E-state index in [1.165, 1.54) is 5.56 Å². The molecule has 0 unspecified atom stereocenters. The molecule has 1 amide bonds. The lowest BCUT2D eigenvalue weighted by Crippen LogP contribution is -2.29. The molecular weight excluding hydrogens is 296 g/mol. The number of ether oxygens (including phenoxy) is 1. The fourth-order valence-corrected chi connectivity index (χ4v) is 1.91. The fraction of sp³-hybridized carbons (Fsp3) is 0.462. The Hall–Kier alpha value is -0.910. The Morgan fingerprint density at radius 3 is 2.94 bits per heavy atom. The van der Waals surface area contributed by atoms with E-state index in [1.807, 2.05) is 12.1 Å². The summed E-state index contributed by atoms with van der Waals surface area (Å²) in [5, 5.41) is 6.02. The van der Waals surface area contributed by atoms with Crippen molar-refractivity contribution in [2.45, 2.75) is 13.0 Å².